The van der Waals surface area contributed by atoms with E-state index in [9.17, 15) is 0 Å². The van der Waals surface area contributed by atoms with Crippen LogP contribution in [-0.4, -0.2) is 19.5 Å². The molecule has 0 N–H and O–H groups in total. The molecule has 0 saturated heterocycles. The van der Waals surface area contributed by atoms with Crippen molar-refractivity contribution in [3.8, 4) is 51.0 Å². The topological polar surface area (TPSA) is 56.7 Å². The van der Waals surface area contributed by atoms with Gasteiger partial charge in [0.15, 0.2) is 17.5 Å². The first-order chi connectivity index (χ1) is 30.2. The van der Waals surface area contributed by atoms with Gasteiger partial charge in [0, 0.05) is 69.7 Å². The lowest BCUT2D eigenvalue weighted by atomic mass is 9.96. The third kappa shape index (κ3) is 5.36. The SMILES string of the molecule is c1ccc(-c2nc(-c3ccc4c(c3)sc3ccccc34)nc(-c3ccc(-n4c5ccccc5c5cc6ccccc6cc54)cc3-c3cccc4c3oc3ccccc34)n2)cc1. The predicted molar refractivity (Wildman–Crippen MR) is 254 cm³/mol. The summed E-state index contributed by atoms with van der Waals surface area (Å²) < 4.78 is 11.6. The molecule has 0 radical (unpaired) electrons. The minimum atomic E-state index is 0.586. The van der Waals surface area contributed by atoms with E-state index in [1.165, 1.54) is 41.7 Å². The summed E-state index contributed by atoms with van der Waals surface area (Å²) in [5, 5.41) is 9.47. The molecule has 0 fully saturated rings. The van der Waals surface area contributed by atoms with Gasteiger partial charge in [-0.15, -0.1) is 11.3 Å². The Morgan fingerprint density at radius 3 is 1.95 bits per heavy atom. The number of thiophene rings is 1. The van der Waals surface area contributed by atoms with E-state index in [1.54, 1.807) is 11.3 Å². The fourth-order valence-electron chi connectivity index (χ4n) is 9.19. The molecule has 4 aromatic heterocycles. The van der Waals surface area contributed by atoms with Crippen molar-refractivity contribution in [2.45, 2.75) is 0 Å². The Bertz CT molecular complexity index is 3900. The molecule has 0 saturated carbocycles. The summed E-state index contributed by atoms with van der Waals surface area (Å²) >= 11 is 1.79. The van der Waals surface area contributed by atoms with Crippen LogP contribution in [0.1, 0.15) is 0 Å². The summed E-state index contributed by atoms with van der Waals surface area (Å²) in [6, 6.07) is 68.6. The van der Waals surface area contributed by atoms with E-state index in [0.29, 0.717) is 17.5 Å². The van der Waals surface area contributed by atoms with Crippen molar-refractivity contribution in [3.63, 3.8) is 0 Å². The van der Waals surface area contributed by atoms with Crippen molar-refractivity contribution in [1.82, 2.24) is 19.5 Å². The van der Waals surface area contributed by atoms with Crippen LogP contribution in [0.25, 0.3) is 126 Å². The molecule has 13 aromatic rings. The Kier molecular flexibility index (Phi) is 7.41. The lowest BCUT2D eigenvalue weighted by molar-refractivity contribution is 0.670. The highest BCUT2D eigenvalue weighted by Gasteiger charge is 2.22. The molecular formula is C55H32N4OS. The van der Waals surface area contributed by atoms with E-state index in [0.717, 1.165) is 66.5 Å². The summed E-state index contributed by atoms with van der Waals surface area (Å²) in [6.07, 6.45) is 0. The second-order valence-corrected chi connectivity index (χ2v) is 16.6. The molecule has 0 atom stereocenters. The van der Waals surface area contributed by atoms with Crippen LogP contribution < -0.4 is 0 Å². The van der Waals surface area contributed by atoms with Gasteiger partial charge in [0.05, 0.1) is 11.0 Å². The van der Waals surface area contributed by atoms with Gasteiger partial charge in [-0.3, -0.25) is 0 Å². The molecule has 0 aliphatic heterocycles. The minimum Gasteiger partial charge on any atom is -0.455 e. The quantitative estimate of drug-likeness (QED) is 0.174. The Balaban J connectivity index is 1.09. The van der Waals surface area contributed by atoms with Crippen LogP contribution in [0.3, 0.4) is 0 Å². The van der Waals surface area contributed by atoms with E-state index >= 15 is 0 Å². The molecule has 0 unspecified atom stereocenters. The van der Waals surface area contributed by atoms with Crippen LogP contribution in [0, 0.1) is 0 Å². The number of nitrogens with zero attached hydrogens (tertiary/aromatic N) is 4. The first kappa shape index (κ1) is 34.0. The summed E-state index contributed by atoms with van der Waals surface area (Å²) in [5.74, 6) is 1.82. The molecule has 6 heteroatoms. The largest absolute Gasteiger partial charge is 0.455 e. The zero-order chi connectivity index (χ0) is 40.0. The number of hydrogen-bond donors (Lipinski definition) is 0. The predicted octanol–water partition coefficient (Wildman–Crippen LogP) is 15.1. The second kappa shape index (κ2) is 13.3. The average molecular weight is 797 g/mol. The van der Waals surface area contributed by atoms with Gasteiger partial charge in [-0.1, -0.05) is 140 Å². The van der Waals surface area contributed by atoms with Crippen molar-refractivity contribution in [3.05, 3.63) is 194 Å². The maximum atomic E-state index is 6.74. The highest BCUT2D eigenvalue weighted by Crippen LogP contribution is 2.43. The Hall–Kier alpha value is -7.93. The molecular weight excluding hydrogens is 765 g/mol. The van der Waals surface area contributed by atoms with E-state index in [1.807, 2.05) is 30.3 Å². The first-order valence-electron chi connectivity index (χ1n) is 20.4. The van der Waals surface area contributed by atoms with Gasteiger partial charge in [-0.25, -0.2) is 15.0 Å². The Morgan fingerprint density at radius 2 is 1.07 bits per heavy atom. The lowest BCUT2D eigenvalue weighted by Gasteiger charge is -2.16. The van der Waals surface area contributed by atoms with Crippen molar-refractivity contribution in [2.75, 3.05) is 0 Å². The maximum absolute atomic E-state index is 6.74. The maximum Gasteiger partial charge on any atom is 0.164 e. The molecule has 0 bridgehead atoms. The molecule has 0 amide bonds. The summed E-state index contributed by atoms with van der Waals surface area (Å²) in [6.45, 7) is 0. The lowest BCUT2D eigenvalue weighted by Crippen LogP contribution is -2.02. The number of fused-ring (bicyclic) bond motifs is 10. The summed E-state index contributed by atoms with van der Waals surface area (Å²) in [7, 11) is 0. The van der Waals surface area contributed by atoms with Gasteiger partial charge in [0.25, 0.3) is 0 Å². The van der Waals surface area contributed by atoms with E-state index < -0.39 is 0 Å². The summed E-state index contributed by atoms with van der Waals surface area (Å²) in [4.78, 5) is 15.8. The van der Waals surface area contributed by atoms with Gasteiger partial charge in [-0.2, -0.15) is 0 Å². The molecule has 13 rings (SSSR count). The molecule has 9 aromatic carbocycles. The van der Waals surface area contributed by atoms with Crippen LogP contribution in [0.4, 0.5) is 0 Å². The van der Waals surface area contributed by atoms with Crippen molar-refractivity contribution in [1.29, 1.82) is 0 Å². The molecule has 61 heavy (non-hydrogen) atoms. The van der Waals surface area contributed by atoms with E-state index in [2.05, 4.69) is 168 Å². The molecule has 4 heterocycles. The van der Waals surface area contributed by atoms with Gasteiger partial charge in [0.1, 0.15) is 11.2 Å². The van der Waals surface area contributed by atoms with Crippen molar-refractivity contribution in [2.24, 2.45) is 0 Å². The standard InChI is InChI=1S/C55H32N4OS/c1-2-13-33(14-3-1)53-56-54(36-25-27-41-40-19-8-11-24-50(40)61-51(41)31-36)58-55(57-53)44-28-26-37(32-45(44)43-21-12-20-42-39-18-7-10-23-49(39)60-52(42)43)59-47-22-9-6-17-38(47)46-29-34-15-4-5-16-35(34)30-48(46)59/h1-32H. The highest BCUT2D eigenvalue weighted by molar-refractivity contribution is 7.25. The second-order valence-electron chi connectivity index (χ2n) is 15.6. The number of para-hydroxylation sites is 3. The van der Waals surface area contributed by atoms with Crippen LogP contribution in [0.15, 0.2) is 199 Å². The smallest absolute Gasteiger partial charge is 0.164 e. The Labute approximate surface area is 353 Å². The fraction of sp³-hybridized carbons (Fsp3) is 0. The monoisotopic (exact) mass is 796 g/mol. The molecule has 284 valence electrons. The average Bonchev–Trinajstić information content (AvgIpc) is 4.00. The van der Waals surface area contributed by atoms with Crippen LogP contribution in [0.2, 0.25) is 0 Å². The van der Waals surface area contributed by atoms with Crippen molar-refractivity contribution >= 4 is 86.0 Å². The normalized spacial score (nSPS) is 11.9. The molecule has 5 nitrogen and oxygen atoms in total. The van der Waals surface area contributed by atoms with Gasteiger partial charge < -0.3 is 8.98 Å². The van der Waals surface area contributed by atoms with Crippen molar-refractivity contribution < 1.29 is 4.42 Å². The molecule has 0 spiro atoms. The van der Waals surface area contributed by atoms with Crippen LogP contribution >= 0.6 is 11.3 Å². The first-order valence-corrected chi connectivity index (χ1v) is 21.2. The third-order valence-electron chi connectivity index (χ3n) is 12.0. The number of benzene rings is 9. The third-order valence-corrected chi connectivity index (χ3v) is 13.2. The summed E-state index contributed by atoms with van der Waals surface area (Å²) in [5.41, 5.74) is 9.65. The van der Waals surface area contributed by atoms with Gasteiger partial charge in [-0.05, 0) is 70.9 Å². The number of rotatable bonds is 5. The van der Waals surface area contributed by atoms with Gasteiger partial charge >= 0.3 is 0 Å². The zero-order valence-electron chi connectivity index (χ0n) is 32.6. The van der Waals surface area contributed by atoms with Crippen LogP contribution in [-0.2, 0) is 0 Å². The zero-order valence-corrected chi connectivity index (χ0v) is 33.4. The number of hydrogen-bond acceptors (Lipinski definition) is 5. The Morgan fingerprint density at radius 1 is 0.377 bits per heavy atom. The van der Waals surface area contributed by atoms with Crippen LogP contribution in [0.5, 0.6) is 0 Å². The molecule has 0 aliphatic carbocycles. The fourth-order valence-corrected chi connectivity index (χ4v) is 10.3. The molecule has 0 aliphatic rings. The number of aromatic nitrogens is 4. The van der Waals surface area contributed by atoms with E-state index in [4.69, 9.17) is 19.4 Å². The highest BCUT2D eigenvalue weighted by atomic mass is 32.1. The minimum absolute atomic E-state index is 0.586. The van der Waals surface area contributed by atoms with E-state index in [-0.39, 0.29) is 0 Å². The van der Waals surface area contributed by atoms with Gasteiger partial charge in [0.2, 0.25) is 0 Å². The number of furan rings is 1.